The Hall–Kier alpha value is -2.53. The number of rotatable bonds is 10. The van der Waals surface area contributed by atoms with E-state index >= 15 is 0 Å². The summed E-state index contributed by atoms with van der Waals surface area (Å²) in [6.07, 6.45) is 2.43. The van der Waals surface area contributed by atoms with Gasteiger partial charge in [0.05, 0.1) is 19.8 Å². The van der Waals surface area contributed by atoms with E-state index in [0.29, 0.717) is 25.7 Å². The summed E-state index contributed by atoms with van der Waals surface area (Å²) in [4.78, 5) is 4.46. The Morgan fingerprint density at radius 1 is 1.00 bits per heavy atom. The number of aliphatic hydroxyl groups is 1. The second-order valence-corrected chi connectivity index (χ2v) is 6.81. The summed E-state index contributed by atoms with van der Waals surface area (Å²) in [5, 5.41) is 9.65. The van der Waals surface area contributed by atoms with Crippen LogP contribution >= 0.6 is 0 Å². The van der Waals surface area contributed by atoms with Crippen molar-refractivity contribution in [1.82, 2.24) is 0 Å². The van der Waals surface area contributed by atoms with Crippen molar-refractivity contribution in [2.45, 2.75) is 31.7 Å². The fourth-order valence-corrected chi connectivity index (χ4v) is 3.01. The molecule has 0 aliphatic carbocycles. The van der Waals surface area contributed by atoms with E-state index in [0.717, 1.165) is 30.8 Å². The van der Waals surface area contributed by atoms with Crippen LogP contribution in [0.1, 0.15) is 25.3 Å². The Balaban J connectivity index is 1.37. The largest absolute Gasteiger partial charge is 0.493 e. The summed E-state index contributed by atoms with van der Waals surface area (Å²) < 4.78 is 16.8. The highest BCUT2D eigenvalue weighted by Crippen LogP contribution is 2.25. The van der Waals surface area contributed by atoms with Crippen LogP contribution in [0.5, 0.6) is 11.5 Å². The lowest BCUT2D eigenvalue weighted by molar-refractivity contribution is 0.150. The third kappa shape index (κ3) is 5.73. The zero-order chi connectivity index (χ0) is 19.0. The molecule has 3 rings (SSSR count). The van der Waals surface area contributed by atoms with Crippen molar-refractivity contribution >= 4 is 5.90 Å². The van der Waals surface area contributed by atoms with E-state index in [-0.39, 0.29) is 6.61 Å². The molecule has 0 amide bonds. The first-order chi connectivity index (χ1) is 13.2. The molecule has 0 bridgehead atoms. The SMILES string of the molecule is CC1=NC(CO)(CCc2ccc(OCCCOc3ccccc3)cc2)CO1. The molecule has 2 aromatic rings. The van der Waals surface area contributed by atoms with E-state index in [1.165, 1.54) is 5.56 Å². The molecule has 1 unspecified atom stereocenters. The van der Waals surface area contributed by atoms with Crippen LogP contribution in [-0.4, -0.2) is 43.0 Å². The zero-order valence-corrected chi connectivity index (χ0v) is 15.8. The lowest BCUT2D eigenvalue weighted by Gasteiger charge is -2.21. The van der Waals surface area contributed by atoms with Crippen molar-refractivity contribution < 1.29 is 19.3 Å². The van der Waals surface area contributed by atoms with Gasteiger partial charge in [-0.25, -0.2) is 4.99 Å². The average molecular weight is 369 g/mol. The topological polar surface area (TPSA) is 60.3 Å². The highest BCUT2D eigenvalue weighted by Gasteiger charge is 2.34. The third-order valence-corrected chi connectivity index (χ3v) is 4.61. The van der Waals surface area contributed by atoms with Crippen molar-refractivity contribution in [3.63, 3.8) is 0 Å². The van der Waals surface area contributed by atoms with Gasteiger partial charge in [0.2, 0.25) is 0 Å². The second-order valence-electron chi connectivity index (χ2n) is 6.81. The fourth-order valence-electron chi connectivity index (χ4n) is 3.01. The van der Waals surface area contributed by atoms with E-state index in [1.807, 2.05) is 49.4 Å². The van der Waals surface area contributed by atoms with Gasteiger partial charge in [-0.2, -0.15) is 0 Å². The minimum absolute atomic E-state index is 0.0105. The van der Waals surface area contributed by atoms with Crippen molar-refractivity contribution in [1.29, 1.82) is 0 Å². The first-order valence-corrected chi connectivity index (χ1v) is 9.39. The Morgan fingerprint density at radius 2 is 1.67 bits per heavy atom. The lowest BCUT2D eigenvalue weighted by Crippen LogP contribution is -2.33. The van der Waals surface area contributed by atoms with E-state index in [4.69, 9.17) is 14.2 Å². The molecule has 1 atom stereocenters. The van der Waals surface area contributed by atoms with Crippen molar-refractivity contribution in [3.8, 4) is 11.5 Å². The second kappa shape index (κ2) is 9.42. The van der Waals surface area contributed by atoms with Crippen LogP contribution in [0.3, 0.4) is 0 Å². The number of benzene rings is 2. The Kier molecular flexibility index (Phi) is 6.71. The summed E-state index contributed by atoms with van der Waals surface area (Å²) >= 11 is 0. The van der Waals surface area contributed by atoms with Crippen LogP contribution in [-0.2, 0) is 11.2 Å². The van der Waals surface area contributed by atoms with Gasteiger partial charge in [-0.15, -0.1) is 0 Å². The maximum absolute atomic E-state index is 9.65. The average Bonchev–Trinajstić information content (AvgIpc) is 3.09. The molecule has 0 radical (unpaired) electrons. The lowest BCUT2D eigenvalue weighted by atomic mass is 9.94. The summed E-state index contributed by atoms with van der Waals surface area (Å²) in [5.41, 5.74) is 0.709. The highest BCUT2D eigenvalue weighted by atomic mass is 16.5. The Labute approximate surface area is 160 Å². The molecule has 5 heteroatoms. The van der Waals surface area contributed by atoms with Gasteiger partial charge in [-0.3, -0.25) is 0 Å². The van der Waals surface area contributed by atoms with E-state index in [9.17, 15) is 5.11 Å². The Bertz CT molecular complexity index is 730. The number of hydrogen-bond acceptors (Lipinski definition) is 5. The fraction of sp³-hybridized carbons (Fsp3) is 0.409. The van der Waals surface area contributed by atoms with Crippen molar-refractivity contribution in [3.05, 3.63) is 60.2 Å². The number of hydrogen-bond donors (Lipinski definition) is 1. The van der Waals surface area contributed by atoms with Crippen LogP contribution in [0, 0.1) is 0 Å². The number of para-hydroxylation sites is 1. The summed E-state index contributed by atoms with van der Waals surface area (Å²) in [6.45, 7) is 3.55. The molecule has 2 aromatic carbocycles. The number of aryl methyl sites for hydroxylation is 1. The molecule has 1 heterocycles. The number of nitrogens with zero attached hydrogens (tertiary/aromatic N) is 1. The number of ether oxygens (including phenoxy) is 3. The molecule has 0 saturated heterocycles. The minimum atomic E-state index is -0.488. The van der Waals surface area contributed by atoms with Crippen LogP contribution in [0.25, 0.3) is 0 Å². The molecular formula is C22H27NO4. The molecule has 5 nitrogen and oxygen atoms in total. The smallest absolute Gasteiger partial charge is 0.180 e. The third-order valence-electron chi connectivity index (χ3n) is 4.61. The van der Waals surface area contributed by atoms with Crippen molar-refractivity contribution in [2.75, 3.05) is 26.4 Å². The summed E-state index contributed by atoms with van der Waals surface area (Å²) in [7, 11) is 0. The number of aliphatic hydroxyl groups excluding tert-OH is 1. The summed E-state index contributed by atoms with van der Waals surface area (Å²) in [5.74, 6) is 2.40. The van der Waals surface area contributed by atoms with Crippen LogP contribution < -0.4 is 9.47 Å². The van der Waals surface area contributed by atoms with Crippen molar-refractivity contribution in [2.24, 2.45) is 4.99 Å². The van der Waals surface area contributed by atoms with Crippen LogP contribution in [0.2, 0.25) is 0 Å². The number of aliphatic imine (C=N–C) groups is 1. The van der Waals surface area contributed by atoms with E-state index in [2.05, 4.69) is 17.1 Å². The van der Waals surface area contributed by atoms with Gasteiger partial charge in [0.25, 0.3) is 0 Å². The van der Waals surface area contributed by atoms with Crippen LogP contribution in [0.15, 0.2) is 59.6 Å². The molecular weight excluding hydrogens is 342 g/mol. The van der Waals surface area contributed by atoms with Gasteiger partial charge >= 0.3 is 0 Å². The maximum Gasteiger partial charge on any atom is 0.180 e. The standard InChI is InChI=1S/C22H27NO4/c1-18-23-22(16-24,17-27-18)13-12-19-8-10-21(11-9-19)26-15-5-14-25-20-6-3-2-4-7-20/h2-4,6-11,24H,5,12-17H2,1H3. The van der Waals surface area contributed by atoms with Gasteiger partial charge in [-0.05, 0) is 42.7 Å². The predicted molar refractivity (Wildman–Crippen MR) is 106 cm³/mol. The molecule has 1 aliphatic rings. The first-order valence-electron chi connectivity index (χ1n) is 9.39. The van der Waals surface area contributed by atoms with E-state index < -0.39 is 5.54 Å². The van der Waals surface area contributed by atoms with Gasteiger partial charge in [-0.1, -0.05) is 30.3 Å². The highest BCUT2D eigenvalue weighted by molar-refractivity contribution is 5.75. The molecule has 1 aliphatic heterocycles. The molecule has 0 spiro atoms. The molecule has 0 saturated carbocycles. The Morgan fingerprint density at radius 3 is 2.26 bits per heavy atom. The molecule has 27 heavy (non-hydrogen) atoms. The maximum atomic E-state index is 9.65. The van der Waals surface area contributed by atoms with Gasteiger partial charge < -0.3 is 19.3 Å². The quantitative estimate of drug-likeness (QED) is 0.650. The van der Waals surface area contributed by atoms with Gasteiger partial charge in [0.15, 0.2) is 5.90 Å². The normalized spacial score (nSPS) is 18.7. The summed E-state index contributed by atoms with van der Waals surface area (Å²) in [6, 6.07) is 17.9. The van der Waals surface area contributed by atoms with Crippen LogP contribution in [0.4, 0.5) is 0 Å². The molecule has 0 aromatic heterocycles. The predicted octanol–water partition coefficient (Wildman–Crippen LogP) is 3.65. The molecule has 0 fully saturated rings. The minimum Gasteiger partial charge on any atom is -0.493 e. The molecule has 1 N–H and O–H groups in total. The van der Waals surface area contributed by atoms with Gasteiger partial charge in [0, 0.05) is 13.3 Å². The zero-order valence-electron chi connectivity index (χ0n) is 15.8. The van der Waals surface area contributed by atoms with Gasteiger partial charge in [0.1, 0.15) is 23.6 Å². The monoisotopic (exact) mass is 369 g/mol. The van der Waals surface area contributed by atoms with E-state index in [1.54, 1.807) is 0 Å². The first kappa shape index (κ1) is 19.2. The molecule has 144 valence electrons.